The molecule has 0 saturated carbocycles. The SMILES string of the molecule is Cc1ccccc1C(=O)Nc1ccc(C(=O)N2CCC(CCl)C(OC(=O)O)c3cc(Cl)ccc32)c(C)c1. The van der Waals surface area contributed by atoms with Crippen LogP contribution in [0.4, 0.5) is 16.2 Å². The van der Waals surface area contributed by atoms with E-state index in [0.29, 0.717) is 51.6 Å². The zero-order valence-electron chi connectivity index (χ0n) is 20.3. The number of aryl methyl sites for hydroxylation is 2. The van der Waals surface area contributed by atoms with Crippen molar-refractivity contribution in [1.29, 1.82) is 0 Å². The standard InChI is InChI=1S/C28H26Cl2N2O5/c1-16-5-3-4-6-21(16)26(33)31-20-8-9-22(17(2)13-20)27(34)32-12-11-18(15-29)25(37-28(35)36)23-14-19(30)7-10-24(23)32/h3-10,13-14,18,25H,11-12,15H2,1-2H3,(H,31,33)(H,35,36). The normalized spacial score (nSPS) is 16.9. The molecule has 1 aliphatic heterocycles. The van der Waals surface area contributed by atoms with Crippen molar-refractivity contribution in [1.82, 2.24) is 0 Å². The fourth-order valence-corrected chi connectivity index (χ4v) is 5.11. The van der Waals surface area contributed by atoms with Gasteiger partial charge in [-0.1, -0.05) is 29.8 Å². The molecule has 0 aromatic heterocycles. The Bertz CT molecular complexity index is 1360. The Morgan fingerprint density at radius 1 is 1.03 bits per heavy atom. The van der Waals surface area contributed by atoms with E-state index in [4.69, 9.17) is 27.9 Å². The van der Waals surface area contributed by atoms with Crippen LogP contribution in [0.1, 0.15) is 49.9 Å². The molecular formula is C28H26Cl2N2O5. The average Bonchev–Trinajstić information content (AvgIpc) is 3.00. The van der Waals surface area contributed by atoms with Gasteiger partial charge in [0.05, 0.1) is 5.69 Å². The van der Waals surface area contributed by atoms with Crippen molar-refractivity contribution in [3.63, 3.8) is 0 Å². The summed E-state index contributed by atoms with van der Waals surface area (Å²) in [7, 11) is 0. The number of hydrogen-bond donors (Lipinski definition) is 2. The molecular weight excluding hydrogens is 515 g/mol. The smallest absolute Gasteiger partial charge is 0.450 e. The van der Waals surface area contributed by atoms with Crippen molar-refractivity contribution in [3.8, 4) is 0 Å². The molecule has 0 fully saturated rings. The first-order valence-electron chi connectivity index (χ1n) is 11.7. The Labute approximate surface area is 224 Å². The van der Waals surface area contributed by atoms with Crippen molar-refractivity contribution in [2.45, 2.75) is 26.4 Å². The summed E-state index contributed by atoms with van der Waals surface area (Å²) in [5.74, 6) is -0.679. The van der Waals surface area contributed by atoms with Crippen LogP contribution in [0.3, 0.4) is 0 Å². The van der Waals surface area contributed by atoms with Gasteiger partial charge in [-0.15, -0.1) is 11.6 Å². The maximum Gasteiger partial charge on any atom is 0.506 e. The Kier molecular flexibility index (Phi) is 8.05. The average molecular weight is 541 g/mol. The molecule has 0 bridgehead atoms. The number of nitrogens with zero attached hydrogens (tertiary/aromatic N) is 1. The third kappa shape index (κ3) is 5.73. The molecule has 2 N–H and O–H groups in total. The predicted molar refractivity (Wildman–Crippen MR) is 144 cm³/mol. The van der Waals surface area contributed by atoms with Crippen LogP contribution >= 0.6 is 23.2 Å². The summed E-state index contributed by atoms with van der Waals surface area (Å²) in [5.41, 5.74) is 4.16. The molecule has 0 radical (unpaired) electrons. The summed E-state index contributed by atoms with van der Waals surface area (Å²) in [5, 5.41) is 12.6. The molecule has 9 heteroatoms. The van der Waals surface area contributed by atoms with Gasteiger partial charge in [0.1, 0.15) is 6.10 Å². The number of rotatable bonds is 5. The minimum atomic E-state index is -1.43. The van der Waals surface area contributed by atoms with E-state index in [1.165, 1.54) is 0 Å². The lowest BCUT2D eigenvalue weighted by atomic mass is 9.95. The first-order chi connectivity index (χ1) is 17.7. The summed E-state index contributed by atoms with van der Waals surface area (Å²) in [6.45, 7) is 3.99. The van der Waals surface area contributed by atoms with Gasteiger partial charge in [-0.25, -0.2) is 4.79 Å². The lowest BCUT2D eigenvalue weighted by molar-refractivity contribution is 0.0280. The Morgan fingerprint density at radius 3 is 2.46 bits per heavy atom. The number of amides is 2. The third-order valence-corrected chi connectivity index (χ3v) is 7.15. The Balaban J connectivity index is 1.64. The second-order valence-corrected chi connectivity index (χ2v) is 9.71. The van der Waals surface area contributed by atoms with Crippen LogP contribution in [0, 0.1) is 19.8 Å². The lowest BCUT2D eigenvalue weighted by Crippen LogP contribution is -2.32. The predicted octanol–water partition coefficient (Wildman–Crippen LogP) is 6.85. The van der Waals surface area contributed by atoms with Crippen molar-refractivity contribution in [2.75, 3.05) is 22.6 Å². The second-order valence-electron chi connectivity index (χ2n) is 8.97. The van der Waals surface area contributed by atoms with Crippen LogP contribution in [-0.2, 0) is 4.74 Å². The summed E-state index contributed by atoms with van der Waals surface area (Å²) in [4.78, 5) is 39.5. The number of carbonyl (C=O) groups excluding carboxylic acids is 2. The van der Waals surface area contributed by atoms with Gasteiger partial charge < -0.3 is 20.1 Å². The van der Waals surface area contributed by atoms with Gasteiger partial charge >= 0.3 is 6.16 Å². The summed E-state index contributed by atoms with van der Waals surface area (Å²) in [6.07, 6.45) is -1.85. The fourth-order valence-electron chi connectivity index (χ4n) is 4.61. The monoisotopic (exact) mass is 540 g/mol. The van der Waals surface area contributed by atoms with Crippen LogP contribution in [0.25, 0.3) is 0 Å². The molecule has 0 saturated heterocycles. The number of halogens is 2. The van der Waals surface area contributed by atoms with Gasteiger partial charge in [-0.05, 0) is 73.9 Å². The highest BCUT2D eigenvalue weighted by Crippen LogP contribution is 2.41. The number of fused-ring (bicyclic) bond motifs is 1. The first kappa shape index (κ1) is 26.5. The number of carbonyl (C=O) groups is 3. The zero-order valence-corrected chi connectivity index (χ0v) is 21.8. The molecule has 1 aliphatic rings. The molecule has 37 heavy (non-hydrogen) atoms. The van der Waals surface area contributed by atoms with Crippen molar-refractivity contribution in [3.05, 3.63) is 93.5 Å². The van der Waals surface area contributed by atoms with Gasteiger partial charge in [0.25, 0.3) is 11.8 Å². The number of hydrogen-bond acceptors (Lipinski definition) is 4. The van der Waals surface area contributed by atoms with E-state index in [2.05, 4.69) is 5.32 Å². The quantitative estimate of drug-likeness (QED) is 0.272. The number of ether oxygens (including phenoxy) is 1. The van der Waals surface area contributed by atoms with Crippen LogP contribution in [-0.4, -0.2) is 35.5 Å². The highest BCUT2D eigenvalue weighted by molar-refractivity contribution is 6.30. The maximum atomic E-state index is 13.8. The van der Waals surface area contributed by atoms with E-state index >= 15 is 0 Å². The molecule has 2 amide bonds. The van der Waals surface area contributed by atoms with E-state index in [9.17, 15) is 19.5 Å². The molecule has 2 unspecified atom stereocenters. The van der Waals surface area contributed by atoms with Crippen molar-refractivity contribution < 1.29 is 24.2 Å². The number of nitrogens with one attached hydrogen (secondary N) is 1. The van der Waals surface area contributed by atoms with E-state index in [1.54, 1.807) is 54.3 Å². The molecule has 192 valence electrons. The Hall–Kier alpha value is -3.55. The number of alkyl halides is 1. The van der Waals surface area contributed by atoms with E-state index in [0.717, 1.165) is 5.56 Å². The Morgan fingerprint density at radius 2 is 1.78 bits per heavy atom. The van der Waals surface area contributed by atoms with Gasteiger partial charge in [-0.2, -0.15) is 0 Å². The van der Waals surface area contributed by atoms with Gasteiger partial charge in [0.15, 0.2) is 0 Å². The van der Waals surface area contributed by atoms with Crippen molar-refractivity contribution >= 4 is 52.5 Å². The molecule has 3 aromatic carbocycles. The van der Waals surface area contributed by atoms with Crippen LogP contribution < -0.4 is 10.2 Å². The number of anilines is 2. The van der Waals surface area contributed by atoms with E-state index in [1.807, 2.05) is 25.1 Å². The van der Waals surface area contributed by atoms with Crippen LogP contribution in [0.5, 0.6) is 0 Å². The summed E-state index contributed by atoms with van der Waals surface area (Å²) < 4.78 is 5.21. The summed E-state index contributed by atoms with van der Waals surface area (Å²) in [6, 6.07) is 17.4. The first-order valence-corrected chi connectivity index (χ1v) is 12.6. The van der Waals surface area contributed by atoms with Gasteiger partial charge in [0.2, 0.25) is 0 Å². The molecule has 1 heterocycles. The molecule has 0 spiro atoms. The minimum Gasteiger partial charge on any atom is -0.450 e. The molecule has 2 atom stereocenters. The highest BCUT2D eigenvalue weighted by Gasteiger charge is 2.35. The maximum absolute atomic E-state index is 13.8. The molecule has 3 aromatic rings. The van der Waals surface area contributed by atoms with Crippen molar-refractivity contribution in [2.24, 2.45) is 5.92 Å². The largest absolute Gasteiger partial charge is 0.506 e. The minimum absolute atomic E-state index is 0.153. The zero-order chi connectivity index (χ0) is 26.7. The lowest BCUT2D eigenvalue weighted by Gasteiger charge is -2.25. The molecule has 7 nitrogen and oxygen atoms in total. The summed E-state index contributed by atoms with van der Waals surface area (Å²) >= 11 is 12.4. The second kappa shape index (κ2) is 11.2. The van der Waals surface area contributed by atoms with Crippen LogP contribution in [0.15, 0.2) is 60.7 Å². The van der Waals surface area contributed by atoms with E-state index < -0.39 is 12.3 Å². The van der Waals surface area contributed by atoms with Crippen LogP contribution in [0.2, 0.25) is 5.02 Å². The van der Waals surface area contributed by atoms with Gasteiger partial charge in [-0.3, -0.25) is 9.59 Å². The van der Waals surface area contributed by atoms with Gasteiger partial charge in [0, 0.05) is 45.7 Å². The van der Waals surface area contributed by atoms with E-state index in [-0.39, 0.29) is 23.6 Å². The highest BCUT2D eigenvalue weighted by atomic mass is 35.5. The topological polar surface area (TPSA) is 95.9 Å². The number of benzene rings is 3. The third-order valence-electron chi connectivity index (χ3n) is 6.51. The molecule has 4 rings (SSSR count). The fraction of sp³-hybridized carbons (Fsp3) is 0.250. The molecule has 0 aliphatic carbocycles. The number of carboxylic acid groups (broad SMARTS) is 1.